The van der Waals surface area contributed by atoms with Gasteiger partial charge in [-0.25, -0.2) is 9.67 Å². The van der Waals surface area contributed by atoms with Gasteiger partial charge in [0.2, 0.25) is 5.91 Å². The second-order valence-electron chi connectivity index (χ2n) is 6.14. The second kappa shape index (κ2) is 10.1. The number of aryl methyl sites for hydroxylation is 2. The molecule has 6 nitrogen and oxygen atoms in total. The number of carbonyl (C=O) groups is 1. The number of hydrogen-bond donors (Lipinski definition) is 1. The number of nitrogens with zero attached hydrogens (tertiary/aromatic N) is 4. The molecule has 2 unspecified atom stereocenters. The molecule has 8 heteroatoms. The topological polar surface area (TPSA) is 63.1 Å². The third kappa shape index (κ3) is 5.94. The van der Waals surface area contributed by atoms with Crippen molar-refractivity contribution in [2.75, 3.05) is 26.7 Å². The molecule has 1 aromatic rings. The average Bonchev–Trinajstić information content (AvgIpc) is 2.76. The molecule has 1 aliphatic heterocycles. The molecule has 134 valence electrons. The van der Waals surface area contributed by atoms with Gasteiger partial charge in [-0.3, -0.25) is 4.79 Å². The van der Waals surface area contributed by atoms with E-state index in [0.29, 0.717) is 5.92 Å². The van der Waals surface area contributed by atoms with Gasteiger partial charge in [-0.15, -0.1) is 24.8 Å². The smallest absolute Gasteiger partial charge is 0.226 e. The average molecular weight is 366 g/mol. The Morgan fingerprint density at radius 1 is 1.39 bits per heavy atom. The summed E-state index contributed by atoms with van der Waals surface area (Å²) >= 11 is 0. The second-order valence-corrected chi connectivity index (χ2v) is 6.14. The van der Waals surface area contributed by atoms with Gasteiger partial charge in [0.15, 0.2) is 0 Å². The van der Waals surface area contributed by atoms with Crippen molar-refractivity contribution in [3.63, 3.8) is 0 Å². The van der Waals surface area contributed by atoms with Crippen molar-refractivity contribution in [2.24, 2.45) is 11.8 Å². The van der Waals surface area contributed by atoms with E-state index in [1.807, 2.05) is 37.4 Å². The summed E-state index contributed by atoms with van der Waals surface area (Å²) < 4.78 is 1.98. The SMILES string of the molecule is CNCC(C)C(=O)N1CCCC(Cn2nc(C)nc2C)C1.Cl.Cl. The van der Waals surface area contributed by atoms with Crippen molar-refractivity contribution in [1.29, 1.82) is 0 Å². The lowest BCUT2D eigenvalue weighted by atomic mass is 9.96. The predicted octanol–water partition coefficient (Wildman–Crippen LogP) is 1.83. The van der Waals surface area contributed by atoms with Crippen LogP contribution in [0.2, 0.25) is 0 Å². The lowest BCUT2D eigenvalue weighted by Gasteiger charge is -2.34. The number of aromatic nitrogens is 3. The predicted molar refractivity (Wildman–Crippen MR) is 96.4 cm³/mol. The summed E-state index contributed by atoms with van der Waals surface area (Å²) in [5.41, 5.74) is 0. The van der Waals surface area contributed by atoms with E-state index < -0.39 is 0 Å². The molecule has 1 saturated heterocycles. The summed E-state index contributed by atoms with van der Waals surface area (Å²) in [5.74, 6) is 2.56. The zero-order chi connectivity index (χ0) is 15.4. The highest BCUT2D eigenvalue weighted by molar-refractivity contribution is 5.85. The van der Waals surface area contributed by atoms with E-state index in [9.17, 15) is 4.79 Å². The first-order valence-electron chi connectivity index (χ1n) is 7.82. The first-order chi connectivity index (χ1) is 10.0. The molecule has 1 aliphatic rings. The van der Waals surface area contributed by atoms with Crippen molar-refractivity contribution in [3.05, 3.63) is 11.6 Å². The highest BCUT2D eigenvalue weighted by Crippen LogP contribution is 2.20. The third-order valence-corrected chi connectivity index (χ3v) is 4.16. The monoisotopic (exact) mass is 365 g/mol. The van der Waals surface area contributed by atoms with Crippen LogP contribution in [0.25, 0.3) is 0 Å². The Morgan fingerprint density at radius 2 is 2.09 bits per heavy atom. The van der Waals surface area contributed by atoms with Crippen LogP contribution in [0.5, 0.6) is 0 Å². The number of amides is 1. The van der Waals surface area contributed by atoms with Crippen LogP contribution < -0.4 is 5.32 Å². The Morgan fingerprint density at radius 3 is 2.65 bits per heavy atom. The molecule has 23 heavy (non-hydrogen) atoms. The lowest BCUT2D eigenvalue weighted by molar-refractivity contribution is -0.136. The van der Waals surface area contributed by atoms with E-state index in [1.165, 1.54) is 0 Å². The van der Waals surface area contributed by atoms with Gasteiger partial charge in [0, 0.05) is 32.1 Å². The van der Waals surface area contributed by atoms with Crippen molar-refractivity contribution in [3.8, 4) is 0 Å². The third-order valence-electron chi connectivity index (χ3n) is 4.16. The van der Waals surface area contributed by atoms with Crippen LogP contribution in [0.4, 0.5) is 0 Å². The minimum absolute atomic E-state index is 0. The largest absolute Gasteiger partial charge is 0.342 e. The maximum Gasteiger partial charge on any atom is 0.226 e. The highest BCUT2D eigenvalue weighted by Gasteiger charge is 2.27. The zero-order valence-corrected chi connectivity index (χ0v) is 16.0. The van der Waals surface area contributed by atoms with Crippen LogP contribution in [-0.4, -0.2) is 52.3 Å². The van der Waals surface area contributed by atoms with Crippen molar-refractivity contribution < 1.29 is 4.79 Å². The molecule has 2 rings (SSSR count). The summed E-state index contributed by atoms with van der Waals surface area (Å²) in [6.07, 6.45) is 2.23. The molecule has 1 amide bonds. The molecule has 1 aromatic heterocycles. The summed E-state index contributed by atoms with van der Waals surface area (Å²) in [4.78, 5) is 18.8. The van der Waals surface area contributed by atoms with Crippen LogP contribution in [-0.2, 0) is 11.3 Å². The molecule has 2 heterocycles. The fourth-order valence-corrected chi connectivity index (χ4v) is 3.10. The molecular formula is C15H29Cl2N5O. The van der Waals surface area contributed by atoms with Crippen molar-refractivity contribution in [2.45, 2.75) is 40.2 Å². The van der Waals surface area contributed by atoms with Crippen LogP contribution >= 0.6 is 24.8 Å². The summed E-state index contributed by atoms with van der Waals surface area (Å²) in [7, 11) is 1.89. The van der Waals surface area contributed by atoms with Crippen LogP contribution in [0.15, 0.2) is 0 Å². The van der Waals surface area contributed by atoms with Gasteiger partial charge in [-0.2, -0.15) is 5.10 Å². The Labute approximate surface area is 151 Å². The number of nitrogens with one attached hydrogen (secondary N) is 1. The van der Waals surface area contributed by atoms with E-state index in [-0.39, 0.29) is 36.6 Å². The van der Waals surface area contributed by atoms with Crippen molar-refractivity contribution >= 4 is 30.7 Å². The van der Waals surface area contributed by atoms with Gasteiger partial charge in [-0.05, 0) is 39.7 Å². The number of rotatable bonds is 5. The molecule has 2 atom stereocenters. The number of halogens is 2. The minimum Gasteiger partial charge on any atom is -0.342 e. The normalized spacial score (nSPS) is 18.8. The first-order valence-corrected chi connectivity index (χ1v) is 7.82. The zero-order valence-electron chi connectivity index (χ0n) is 14.4. The fourth-order valence-electron chi connectivity index (χ4n) is 3.10. The van der Waals surface area contributed by atoms with E-state index in [1.54, 1.807) is 0 Å². The van der Waals surface area contributed by atoms with E-state index in [2.05, 4.69) is 15.4 Å². The Balaban J connectivity index is 0.00000242. The van der Waals surface area contributed by atoms with Gasteiger partial charge in [0.25, 0.3) is 0 Å². The number of carbonyl (C=O) groups excluding carboxylic acids is 1. The lowest BCUT2D eigenvalue weighted by Crippen LogP contribution is -2.45. The Bertz CT molecular complexity index is 494. The summed E-state index contributed by atoms with van der Waals surface area (Å²) in [6, 6.07) is 0. The van der Waals surface area contributed by atoms with Crippen molar-refractivity contribution in [1.82, 2.24) is 25.0 Å². The summed E-state index contributed by atoms with van der Waals surface area (Å²) in [5, 5.41) is 7.51. The molecular weight excluding hydrogens is 337 g/mol. The van der Waals surface area contributed by atoms with Crippen LogP contribution in [0, 0.1) is 25.7 Å². The minimum atomic E-state index is 0. The summed E-state index contributed by atoms with van der Waals surface area (Å²) in [6.45, 7) is 9.22. The fraction of sp³-hybridized carbons (Fsp3) is 0.800. The maximum absolute atomic E-state index is 12.4. The van der Waals surface area contributed by atoms with Gasteiger partial charge in [0.05, 0.1) is 0 Å². The van der Waals surface area contributed by atoms with E-state index in [0.717, 1.165) is 50.7 Å². The van der Waals surface area contributed by atoms with Gasteiger partial charge >= 0.3 is 0 Å². The van der Waals surface area contributed by atoms with Gasteiger partial charge < -0.3 is 10.2 Å². The molecule has 1 N–H and O–H groups in total. The highest BCUT2D eigenvalue weighted by atomic mass is 35.5. The number of likely N-dealkylation sites (tertiary alicyclic amines) is 1. The number of hydrogen-bond acceptors (Lipinski definition) is 4. The quantitative estimate of drug-likeness (QED) is 0.864. The van der Waals surface area contributed by atoms with Gasteiger partial charge in [-0.1, -0.05) is 6.92 Å². The van der Waals surface area contributed by atoms with Gasteiger partial charge in [0.1, 0.15) is 11.6 Å². The molecule has 0 spiro atoms. The standard InChI is InChI=1S/C15H27N5O.2ClH/c1-11(8-16-4)15(21)19-7-5-6-14(9-19)10-20-13(3)17-12(2)18-20;;/h11,14,16H,5-10H2,1-4H3;2*1H. The first kappa shape index (κ1) is 22.1. The molecule has 0 aromatic carbocycles. The molecule has 0 bridgehead atoms. The number of piperidine rings is 1. The molecule has 0 saturated carbocycles. The maximum atomic E-state index is 12.4. The Kier molecular flexibility index (Phi) is 9.73. The van der Waals surface area contributed by atoms with Crippen LogP contribution in [0.1, 0.15) is 31.4 Å². The molecule has 0 radical (unpaired) electrons. The van der Waals surface area contributed by atoms with E-state index in [4.69, 9.17) is 0 Å². The molecule has 1 fully saturated rings. The van der Waals surface area contributed by atoms with E-state index >= 15 is 0 Å². The van der Waals surface area contributed by atoms with Crippen LogP contribution in [0.3, 0.4) is 0 Å². The Hall–Kier alpha value is -0.850. The molecule has 0 aliphatic carbocycles.